The molecule has 1 aromatic carbocycles. The minimum Gasteiger partial charge on any atom is -0.481 e. The second-order valence-corrected chi connectivity index (χ2v) is 6.08. The van der Waals surface area contributed by atoms with Crippen LogP contribution in [0.2, 0.25) is 0 Å². The largest absolute Gasteiger partial charge is 0.481 e. The molecule has 2 aromatic rings. The van der Waals surface area contributed by atoms with Gasteiger partial charge < -0.3 is 10.0 Å². The first-order valence-electron chi connectivity index (χ1n) is 8.01. The molecule has 1 aromatic heterocycles. The van der Waals surface area contributed by atoms with E-state index in [1.165, 1.54) is 29.2 Å². The van der Waals surface area contributed by atoms with Gasteiger partial charge in [0.05, 0.1) is 17.8 Å². The van der Waals surface area contributed by atoms with Crippen LogP contribution in [0.3, 0.4) is 0 Å². The monoisotopic (exact) mass is 367 g/mol. The molecule has 1 saturated heterocycles. The Bertz CT molecular complexity index is 824. The van der Waals surface area contributed by atoms with Gasteiger partial charge in [-0.05, 0) is 37.1 Å². The molecule has 6 nitrogen and oxygen atoms in total. The number of aliphatic carboxylic acids is 1. The molecule has 1 aliphatic rings. The van der Waals surface area contributed by atoms with Crippen LogP contribution in [-0.4, -0.2) is 44.8 Å². The van der Waals surface area contributed by atoms with Crippen LogP contribution in [0.25, 0.3) is 5.69 Å². The minimum atomic E-state index is -4.56. The Morgan fingerprint density at radius 3 is 2.46 bits per heavy atom. The van der Waals surface area contributed by atoms with Crippen molar-refractivity contribution in [3.05, 3.63) is 47.8 Å². The second kappa shape index (κ2) is 6.81. The summed E-state index contributed by atoms with van der Waals surface area (Å²) in [5.41, 5.74) is -0.558. The van der Waals surface area contributed by atoms with Gasteiger partial charge in [0.15, 0.2) is 0 Å². The lowest BCUT2D eigenvalue weighted by Gasteiger charge is -2.30. The number of amides is 1. The normalized spacial score (nSPS) is 15.9. The van der Waals surface area contributed by atoms with Gasteiger partial charge in [0.2, 0.25) is 0 Å². The van der Waals surface area contributed by atoms with Gasteiger partial charge in [0.1, 0.15) is 5.69 Å². The van der Waals surface area contributed by atoms with E-state index in [-0.39, 0.29) is 17.2 Å². The molecule has 0 spiro atoms. The molecule has 0 saturated carbocycles. The van der Waals surface area contributed by atoms with E-state index in [2.05, 4.69) is 5.10 Å². The zero-order valence-corrected chi connectivity index (χ0v) is 13.6. The summed E-state index contributed by atoms with van der Waals surface area (Å²) in [5.74, 6) is -1.68. The summed E-state index contributed by atoms with van der Waals surface area (Å²) >= 11 is 0. The van der Waals surface area contributed by atoms with Crippen LogP contribution in [0.4, 0.5) is 13.2 Å². The number of rotatable bonds is 3. The number of carboxylic acid groups (broad SMARTS) is 1. The van der Waals surface area contributed by atoms with E-state index in [4.69, 9.17) is 5.11 Å². The number of benzene rings is 1. The standard InChI is InChI=1S/C17H16F3N3O3/c18-17(19,20)14-4-7-21-23(14)13-3-1-2-12(10-13)15(24)22-8-5-11(6-9-22)16(25)26/h1-4,7,10-11H,5-6,8-9H2,(H,25,26). The molecule has 0 radical (unpaired) electrons. The van der Waals surface area contributed by atoms with Crippen LogP contribution < -0.4 is 0 Å². The van der Waals surface area contributed by atoms with Crippen LogP contribution in [0, 0.1) is 5.92 Å². The van der Waals surface area contributed by atoms with Gasteiger partial charge in [-0.2, -0.15) is 18.3 Å². The molecule has 0 bridgehead atoms. The molecule has 1 fully saturated rings. The molecule has 3 rings (SSSR count). The predicted octanol–water partition coefficient (Wildman–Crippen LogP) is 2.83. The maximum Gasteiger partial charge on any atom is 0.433 e. The van der Waals surface area contributed by atoms with Crippen molar-refractivity contribution in [2.24, 2.45) is 5.92 Å². The lowest BCUT2D eigenvalue weighted by Crippen LogP contribution is -2.40. The molecule has 26 heavy (non-hydrogen) atoms. The zero-order valence-electron chi connectivity index (χ0n) is 13.6. The Labute approximate surface area is 146 Å². The van der Waals surface area contributed by atoms with E-state index in [9.17, 15) is 22.8 Å². The highest BCUT2D eigenvalue weighted by molar-refractivity contribution is 5.95. The van der Waals surface area contributed by atoms with Crippen molar-refractivity contribution in [1.29, 1.82) is 0 Å². The summed E-state index contributed by atoms with van der Waals surface area (Å²) in [7, 11) is 0. The van der Waals surface area contributed by atoms with Crippen molar-refractivity contribution in [2.45, 2.75) is 19.0 Å². The quantitative estimate of drug-likeness (QED) is 0.905. The van der Waals surface area contributed by atoms with Crippen molar-refractivity contribution in [3.63, 3.8) is 0 Å². The third kappa shape index (κ3) is 3.56. The maximum absolute atomic E-state index is 13.0. The van der Waals surface area contributed by atoms with E-state index >= 15 is 0 Å². The molecule has 138 valence electrons. The van der Waals surface area contributed by atoms with Gasteiger partial charge in [-0.3, -0.25) is 9.59 Å². The van der Waals surface area contributed by atoms with E-state index in [0.717, 1.165) is 16.9 Å². The van der Waals surface area contributed by atoms with E-state index < -0.39 is 23.8 Å². The number of piperidine rings is 1. The van der Waals surface area contributed by atoms with Gasteiger partial charge in [-0.15, -0.1) is 0 Å². The van der Waals surface area contributed by atoms with Crippen LogP contribution in [-0.2, 0) is 11.0 Å². The molecule has 1 amide bonds. The van der Waals surface area contributed by atoms with Crippen LogP contribution in [0.1, 0.15) is 28.9 Å². The molecule has 2 heterocycles. The summed E-state index contributed by atoms with van der Waals surface area (Å²) in [6.07, 6.45) is -2.79. The Kier molecular flexibility index (Phi) is 4.71. The summed E-state index contributed by atoms with van der Waals surface area (Å²) in [6.45, 7) is 0.602. The lowest BCUT2D eigenvalue weighted by atomic mass is 9.96. The Morgan fingerprint density at radius 2 is 1.85 bits per heavy atom. The lowest BCUT2D eigenvalue weighted by molar-refractivity contribution is -0.143. The highest BCUT2D eigenvalue weighted by Crippen LogP contribution is 2.30. The number of alkyl halides is 3. The maximum atomic E-state index is 13.0. The molecule has 0 atom stereocenters. The summed E-state index contributed by atoms with van der Waals surface area (Å²) < 4.78 is 39.8. The number of carbonyl (C=O) groups is 2. The fourth-order valence-corrected chi connectivity index (χ4v) is 3.01. The van der Waals surface area contributed by atoms with Crippen LogP contribution >= 0.6 is 0 Å². The van der Waals surface area contributed by atoms with Gasteiger partial charge in [-0.25, -0.2) is 4.68 Å². The van der Waals surface area contributed by atoms with E-state index in [1.54, 1.807) is 0 Å². The SMILES string of the molecule is O=C(O)C1CCN(C(=O)c2cccc(-n3nccc3C(F)(F)F)c2)CC1. The fraction of sp³-hybridized carbons (Fsp3) is 0.353. The zero-order chi connectivity index (χ0) is 18.9. The first-order chi connectivity index (χ1) is 12.3. The van der Waals surface area contributed by atoms with Gasteiger partial charge in [0.25, 0.3) is 5.91 Å². The predicted molar refractivity (Wildman–Crippen MR) is 84.8 cm³/mol. The number of aromatic nitrogens is 2. The van der Waals surface area contributed by atoms with E-state index in [0.29, 0.717) is 25.9 Å². The number of carboxylic acids is 1. The van der Waals surface area contributed by atoms with E-state index in [1.807, 2.05) is 0 Å². The molecule has 1 N–H and O–H groups in total. The first kappa shape index (κ1) is 18.0. The Hall–Kier alpha value is -2.84. The number of hydrogen-bond donors (Lipinski definition) is 1. The van der Waals surface area contributed by atoms with Gasteiger partial charge in [-0.1, -0.05) is 6.07 Å². The van der Waals surface area contributed by atoms with Crippen LogP contribution in [0.5, 0.6) is 0 Å². The third-order valence-corrected chi connectivity index (χ3v) is 4.40. The molecule has 0 unspecified atom stereocenters. The Balaban J connectivity index is 1.81. The van der Waals surface area contributed by atoms with Gasteiger partial charge >= 0.3 is 12.1 Å². The molecule has 1 aliphatic heterocycles. The fourth-order valence-electron chi connectivity index (χ4n) is 3.01. The second-order valence-electron chi connectivity index (χ2n) is 6.08. The van der Waals surface area contributed by atoms with Crippen molar-refractivity contribution in [1.82, 2.24) is 14.7 Å². The van der Waals surface area contributed by atoms with Crippen molar-refractivity contribution >= 4 is 11.9 Å². The number of carbonyl (C=O) groups excluding carboxylic acids is 1. The van der Waals surface area contributed by atoms with Crippen molar-refractivity contribution in [2.75, 3.05) is 13.1 Å². The average molecular weight is 367 g/mol. The Morgan fingerprint density at radius 1 is 1.15 bits per heavy atom. The van der Waals surface area contributed by atoms with Crippen LogP contribution in [0.15, 0.2) is 36.5 Å². The number of hydrogen-bond acceptors (Lipinski definition) is 3. The highest BCUT2D eigenvalue weighted by atomic mass is 19.4. The summed E-state index contributed by atoms with van der Waals surface area (Å²) in [6, 6.07) is 6.68. The topological polar surface area (TPSA) is 75.4 Å². The average Bonchev–Trinajstić information content (AvgIpc) is 3.11. The third-order valence-electron chi connectivity index (χ3n) is 4.40. The number of nitrogens with zero attached hydrogens (tertiary/aromatic N) is 3. The number of likely N-dealkylation sites (tertiary alicyclic amines) is 1. The highest BCUT2D eigenvalue weighted by Gasteiger charge is 2.35. The summed E-state index contributed by atoms with van der Waals surface area (Å²) in [4.78, 5) is 25.1. The number of halogens is 3. The molecule has 0 aliphatic carbocycles. The molecule has 9 heteroatoms. The minimum absolute atomic E-state index is 0.133. The first-order valence-corrected chi connectivity index (χ1v) is 8.01. The molecular weight excluding hydrogens is 351 g/mol. The van der Waals surface area contributed by atoms with Crippen molar-refractivity contribution < 1.29 is 27.9 Å². The molecular formula is C17H16F3N3O3. The van der Waals surface area contributed by atoms with Crippen molar-refractivity contribution in [3.8, 4) is 5.69 Å². The smallest absolute Gasteiger partial charge is 0.433 e. The van der Waals surface area contributed by atoms with Gasteiger partial charge in [0, 0.05) is 18.7 Å². The summed E-state index contributed by atoms with van der Waals surface area (Å²) in [5, 5.41) is 12.7.